The first-order valence-electron chi connectivity index (χ1n) is 8.08. The Morgan fingerprint density at radius 3 is 2.14 bits per heavy atom. The molecule has 1 saturated carbocycles. The third kappa shape index (κ3) is 2.69. The lowest BCUT2D eigenvalue weighted by Gasteiger charge is -2.28. The Balaban J connectivity index is 1.56. The minimum atomic E-state index is 0.404. The van der Waals surface area contributed by atoms with Gasteiger partial charge in [0.05, 0.1) is 13.2 Å². The first kappa shape index (κ1) is 14.9. The summed E-state index contributed by atoms with van der Waals surface area (Å²) in [6.45, 7) is 14.1. The van der Waals surface area contributed by atoms with E-state index in [0.29, 0.717) is 16.9 Å². The van der Waals surface area contributed by atoms with Gasteiger partial charge in [0.1, 0.15) is 0 Å². The number of hydrogen-bond acceptors (Lipinski definition) is 3. The van der Waals surface area contributed by atoms with Crippen LogP contribution in [0, 0.1) is 10.8 Å². The van der Waals surface area contributed by atoms with E-state index >= 15 is 0 Å². The predicted octanol–water partition coefficient (Wildman–Crippen LogP) is 3.05. The standard InChI is InChI=1S/C18H28N2O/c1-17(2)16(18(17,3)4)19-13-14-5-7-15(8-6-14)20-9-11-21-12-10-20/h5-8,16,19H,9-13H2,1-4H3. The lowest BCUT2D eigenvalue weighted by molar-refractivity contribution is 0.122. The van der Waals surface area contributed by atoms with Crippen LogP contribution in [0.4, 0.5) is 5.69 Å². The van der Waals surface area contributed by atoms with E-state index in [-0.39, 0.29) is 0 Å². The van der Waals surface area contributed by atoms with Crippen LogP contribution < -0.4 is 10.2 Å². The van der Waals surface area contributed by atoms with E-state index in [1.165, 1.54) is 11.3 Å². The Kier molecular flexibility index (Phi) is 3.74. The van der Waals surface area contributed by atoms with E-state index in [0.717, 1.165) is 32.8 Å². The Morgan fingerprint density at radius 1 is 1.05 bits per heavy atom. The van der Waals surface area contributed by atoms with Gasteiger partial charge >= 0.3 is 0 Å². The number of nitrogens with zero attached hydrogens (tertiary/aromatic N) is 1. The third-order valence-corrected chi connectivity index (χ3v) is 5.84. The van der Waals surface area contributed by atoms with Crippen molar-refractivity contribution >= 4 is 5.69 Å². The first-order chi connectivity index (χ1) is 9.93. The molecule has 1 aromatic rings. The van der Waals surface area contributed by atoms with Gasteiger partial charge in [0.15, 0.2) is 0 Å². The summed E-state index contributed by atoms with van der Waals surface area (Å²) >= 11 is 0. The van der Waals surface area contributed by atoms with Crippen molar-refractivity contribution in [3.8, 4) is 0 Å². The molecule has 0 spiro atoms. The molecule has 1 heterocycles. The first-order valence-corrected chi connectivity index (χ1v) is 8.08. The van der Waals surface area contributed by atoms with Crippen LogP contribution in [0.15, 0.2) is 24.3 Å². The van der Waals surface area contributed by atoms with Crippen molar-refractivity contribution in [1.29, 1.82) is 0 Å². The minimum Gasteiger partial charge on any atom is -0.378 e. The average molecular weight is 288 g/mol. The molecule has 21 heavy (non-hydrogen) atoms. The highest BCUT2D eigenvalue weighted by molar-refractivity contribution is 5.47. The molecule has 116 valence electrons. The predicted molar refractivity (Wildman–Crippen MR) is 87.7 cm³/mol. The highest BCUT2D eigenvalue weighted by atomic mass is 16.5. The molecule has 0 radical (unpaired) electrons. The minimum absolute atomic E-state index is 0.404. The number of hydrogen-bond donors (Lipinski definition) is 1. The van der Waals surface area contributed by atoms with Crippen molar-refractivity contribution in [2.75, 3.05) is 31.2 Å². The molecule has 1 aromatic carbocycles. The quantitative estimate of drug-likeness (QED) is 0.921. The molecule has 1 aliphatic carbocycles. The van der Waals surface area contributed by atoms with Crippen LogP contribution in [0.3, 0.4) is 0 Å². The molecule has 1 N–H and O–H groups in total. The monoisotopic (exact) mass is 288 g/mol. The fourth-order valence-electron chi connectivity index (χ4n) is 3.57. The molecule has 2 aliphatic rings. The zero-order valence-corrected chi connectivity index (χ0v) is 13.8. The van der Waals surface area contributed by atoms with Gasteiger partial charge in [0, 0.05) is 31.4 Å². The second-order valence-corrected chi connectivity index (χ2v) is 7.52. The summed E-state index contributed by atoms with van der Waals surface area (Å²) in [5.41, 5.74) is 3.49. The summed E-state index contributed by atoms with van der Waals surface area (Å²) in [7, 11) is 0. The summed E-state index contributed by atoms with van der Waals surface area (Å²) in [4.78, 5) is 2.40. The number of nitrogens with one attached hydrogen (secondary N) is 1. The molecule has 2 fully saturated rings. The van der Waals surface area contributed by atoms with Crippen LogP contribution >= 0.6 is 0 Å². The SMILES string of the molecule is CC1(C)C(NCc2ccc(N3CCOCC3)cc2)C1(C)C. The van der Waals surface area contributed by atoms with Gasteiger partial charge in [-0.2, -0.15) is 0 Å². The summed E-state index contributed by atoms with van der Waals surface area (Å²) < 4.78 is 5.40. The number of benzene rings is 1. The van der Waals surface area contributed by atoms with Crippen LogP contribution in [0.2, 0.25) is 0 Å². The van der Waals surface area contributed by atoms with E-state index in [2.05, 4.69) is 62.2 Å². The number of morpholine rings is 1. The summed E-state index contributed by atoms with van der Waals surface area (Å²) in [6, 6.07) is 9.60. The molecule has 1 aliphatic heterocycles. The van der Waals surface area contributed by atoms with Crippen LogP contribution in [0.5, 0.6) is 0 Å². The van der Waals surface area contributed by atoms with E-state index in [1.54, 1.807) is 0 Å². The van der Waals surface area contributed by atoms with E-state index in [1.807, 2.05) is 0 Å². The molecule has 0 aromatic heterocycles. The molecule has 3 rings (SSSR count). The maximum atomic E-state index is 5.40. The van der Waals surface area contributed by atoms with Gasteiger partial charge < -0.3 is 15.0 Å². The highest BCUT2D eigenvalue weighted by Gasteiger charge is 2.64. The molecule has 0 bridgehead atoms. The Morgan fingerprint density at radius 2 is 1.62 bits per heavy atom. The van der Waals surface area contributed by atoms with Gasteiger partial charge in [0.25, 0.3) is 0 Å². The van der Waals surface area contributed by atoms with Gasteiger partial charge in [-0.3, -0.25) is 0 Å². The molecular formula is C18H28N2O. The highest BCUT2D eigenvalue weighted by Crippen LogP contribution is 2.62. The molecular weight excluding hydrogens is 260 g/mol. The molecule has 0 amide bonds. The molecule has 3 heteroatoms. The number of ether oxygens (including phenoxy) is 1. The lowest BCUT2D eigenvalue weighted by atomic mass is 10.0. The second-order valence-electron chi connectivity index (χ2n) is 7.52. The van der Waals surface area contributed by atoms with Crippen LogP contribution in [-0.4, -0.2) is 32.3 Å². The normalized spacial score (nSPS) is 24.1. The fourth-order valence-corrected chi connectivity index (χ4v) is 3.57. The van der Waals surface area contributed by atoms with E-state index < -0.39 is 0 Å². The van der Waals surface area contributed by atoms with Crippen LogP contribution in [0.25, 0.3) is 0 Å². The van der Waals surface area contributed by atoms with Crippen LogP contribution in [0.1, 0.15) is 33.3 Å². The Labute approximate surface area is 128 Å². The van der Waals surface area contributed by atoms with Crippen LogP contribution in [-0.2, 0) is 11.3 Å². The van der Waals surface area contributed by atoms with Crippen molar-refractivity contribution in [2.45, 2.75) is 40.3 Å². The van der Waals surface area contributed by atoms with Gasteiger partial charge in [-0.25, -0.2) is 0 Å². The second kappa shape index (κ2) is 5.29. The molecule has 3 nitrogen and oxygen atoms in total. The van der Waals surface area contributed by atoms with E-state index in [9.17, 15) is 0 Å². The average Bonchev–Trinajstić information content (AvgIpc) is 2.88. The zero-order valence-electron chi connectivity index (χ0n) is 13.8. The summed E-state index contributed by atoms with van der Waals surface area (Å²) in [6.07, 6.45) is 0. The Hall–Kier alpha value is -1.06. The van der Waals surface area contributed by atoms with Gasteiger partial charge in [-0.05, 0) is 28.5 Å². The maximum absolute atomic E-state index is 5.40. The van der Waals surface area contributed by atoms with Crippen molar-refractivity contribution < 1.29 is 4.74 Å². The van der Waals surface area contributed by atoms with Crippen molar-refractivity contribution in [3.05, 3.63) is 29.8 Å². The van der Waals surface area contributed by atoms with Crippen molar-refractivity contribution in [2.24, 2.45) is 10.8 Å². The third-order valence-electron chi connectivity index (χ3n) is 5.84. The molecule has 0 unspecified atom stereocenters. The zero-order chi connectivity index (χ0) is 15.1. The lowest BCUT2D eigenvalue weighted by Crippen LogP contribution is -2.36. The van der Waals surface area contributed by atoms with Gasteiger partial charge in [-0.15, -0.1) is 0 Å². The maximum Gasteiger partial charge on any atom is 0.0642 e. The van der Waals surface area contributed by atoms with Crippen molar-refractivity contribution in [1.82, 2.24) is 5.32 Å². The largest absolute Gasteiger partial charge is 0.378 e. The number of anilines is 1. The summed E-state index contributed by atoms with van der Waals surface area (Å²) in [5, 5.41) is 3.72. The van der Waals surface area contributed by atoms with Gasteiger partial charge in [-0.1, -0.05) is 39.8 Å². The summed E-state index contributed by atoms with van der Waals surface area (Å²) in [5.74, 6) is 0. The van der Waals surface area contributed by atoms with Gasteiger partial charge in [0.2, 0.25) is 0 Å². The molecule has 1 saturated heterocycles. The topological polar surface area (TPSA) is 24.5 Å². The smallest absolute Gasteiger partial charge is 0.0642 e. The van der Waals surface area contributed by atoms with E-state index in [4.69, 9.17) is 4.74 Å². The Bertz CT molecular complexity index is 472. The van der Waals surface area contributed by atoms with Crippen molar-refractivity contribution in [3.63, 3.8) is 0 Å². The fraction of sp³-hybridized carbons (Fsp3) is 0.667. The molecule has 0 atom stereocenters. The number of rotatable bonds is 4.